The van der Waals surface area contributed by atoms with Crippen LogP contribution >= 0.6 is 28.5 Å². The first-order valence-electron chi connectivity index (χ1n) is 13.0. The third-order valence-corrected chi connectivity index (χ3v) is 7.50. The van der Waals surface area contributed by atoms with Crippen molar-refractivity contribution in [2.75, 3.05) is 13.2 Å². The van der Waals surface area contributed by atoms with E-state index in [4.69, 9.17) is 13.8 Å². The van der Waals surface area contributed by atoms with Gasteiger partial charge in [-0.05, 0) is 95.7 Å². The normalized spacial score (nSPS) is 13.3. The molecular formula is C28H41Br2F3N2NiO2Si2. The molecular weight excluding hydrogens is 728 g/mol. The van der Waals surface area contributed by atoms with Crippen LogP contribution in [0.15, 0.2) is 58.5 Å². The van der Waals surface area contributed by atoms with E-state index in [2.05, 4.69) is 72.7 Å². The monoisotopic (exact) mass is 766 g/mol. The summed E-state index contributed by atoms with van der Waals surface area (Å²) in [5.74, 6) is 0. The fraction of sp³-hybridized carbons (Fsp3) is 0.500. The van der Waals surface area contributed by atoms with Crippen molar-refractivity contribution in [3.63, 3.8) is 0 Å². The van der Waals surface area contributed by atoms with E-state index in [0.29, 0.717) is 50.3 Å². The van der Waals surface area contributed by atoms with E-state index in [-0.39, 0.29) is 5.69 Å². The Morgan fingerprint density at radius 3 is 1.57 bits per heavy atom. The summed E-state index contributed by atoms with van der Waals surface area (Å²) in [5, 5.41) is 0. The Kier molecular flexibility index (Phi) is 17.0. The minimum absolute atomic E-state index is 0.0908. The van der Waals surface area contributed by atoms with Crippen LogP contribution in [0, 0.1) is 6.92 Å². The topological polar surface area (TPSA) is 43.2 Å². The number of rotatable bonds is 13. The molecule has 0 N–H and O–H groups in total. The summed E-state index contributed by atoms with van der Waals surface area (Å²) >= 11 is 6.00. The Hall–Kier alpha value is -0.623. The molecule has 2 aromatic carbocycles. The van der Waals surface area contributed by atoms with Gasteiger partial charge < -0.3 is 8.85 Å². The van der Waals surface area contributed by atoms with Gasteiger partial charge in [-0.1, -0.05) is 30.3 Å². The zero-order chi connectivity index (χ0) is 30.4. The second-order valence-corrected chi connectivity index (χ2v) is 25.1. The van der Waals surface area contributed by atoms with E-state index >= 15 is 0 Å². The van der Waals surface area contributed by atoms with Gasteiger partial charge in [-0.2, -0.15) is 13.2 Å². The number of hydrogen-bond acceptors (Lipinski definition) is 4. The van der Waals surface area contributed by atoms with Gasteiger partial charge in [-0.3, -0.25) is 9.98 Å². The summed E-state index contributed by atoms with van der Waals surface area (Å²) < 4.78 is 53.4. The molecule has 0 spiro atoms. The van der Waals surface area contributed by atoms with Crippen LogP contribution in [0.3, 0.4) is 0 Å². The van der Waals surface area contributed by atoms with E-state index in [1.165, 1.54) is 23.0 Å². The molecule has 0 aliphatic carbocycles. The van der Waals surface area contributed by atoms with E-state index < -0.39 is 28.4 Å². The molecule has 0 amide bonds. The van der Waals surface area contributed by atoms with Crippen molar-refractivity contribution in [3.05, 3.63) is 59.7 Å². The SMILES string of the molecule is Cc1ccccc1N=C(CCCO[Si](C)(C)C)C(CCCO[Si](C)(C)C)=Nc1ccccc1C(F)(F)F.[Br][Ni][Br]. The Labute approximate surface area is 260 Å². The molecule has 2 aromatic rings. The van der Waals surface area contributed by atoms with Crippen molar-refractivity contribution in [1.29, 1.82) is 0 Å². The van der Waals surface area contributed by atoms with Gasteiger partial charge in [0.05, 0.1) is 28.4 Å². The van der Waals surface area contributed by atoms with E-state index in [0.717, 1.165) is 17.3 Å². The molecule has 40 heavy (non-hydrogen) atoms. The molecule has 0 bridgehead atoms. The van der Waals surface area contributed by atoms with Crippen LogP contribution in [0.4, 0.5) is 24.5 Å². The number of para-hydroxylation sites is 2. The molecule has 0 unspecified atom stereocenters. The Morgan fingerprint density at radius 2 is 1.15 bits per heavy atom. The summed E-state index contributed by atoms with van der Waals surface area (Å²) in [5.41, 5.74) is 2.20. The zero-order valence-corrected chi connectivity index (χ0v) is 30.4. The molecule has 0 saturated heterocycles. The van der Waals surface area contributed by atoms with Crippen LogP contribution in [-0.2, 0) is 25.9 Å². The molecule has 0 aliphatic heterocycles. The Balaban J connectivity index is 0.00000254. The number of aryl methyl sites for hydroxylation is 1. The molecule has 0 fully saturated rings. The van der Waals surface area contributed by atoms with E-state index in [1.807, 2.05) is 31.2 Å². The van der Waals surface area contributed by atoms with Crippen LogP contribution in [-0.4, -0.2) is 41.3 Å². The standard InChI is InChI=1S/C28H41F3N2O2Si2.2BrH.Ni/c1-22-14-8-10-16-24(22)32-26(18-12-20-34-36(2,3)4)27(19-13-21-35-37(5,6)7)33-25-17-11-9-15-23(25)28(29,30)31;;;/h8-11,14-17H,12-13,18-21H2,1-7H3;2*1H;/q;;;+2/p-2. The van der Waals surface area contributed by atoms with Crippen molar-refractivity contribution in [1.82, 2.24) is 0 Å². The van der Waals surface area contributed by atoms with Gasteiger partial charge in [0.1, 0.15) is 0 Å². The first-order valence-corrected chi connectivity index (χ1v) is 24.7. The first-order chi connectivity index (χ1) is 18.6. The van der Waals surface area contributed by atoms with Gasteiger partial charge in [0, 0.05) is 13.2 Å². The van der Waals surface area contributed by atoms with Crippen LogP contribution in [0.5, 0.6) is 0 Å². The molecule has 0 aliphatic rings. The summed E-state index contributed by atoms with van der Waals surface area (Å²) in [6, 6.07) is 13.2. The van der Waals surface area contributed by atoms with Gasteiger partial charge in [-0.25, -0.2) is 0 Å². The number of aliphatic imine (C=N–C) groups is 2. The molecule has 0 radical (unpaired) electrons. The average Bonchev–Trinajstić information content (AvgIpc) is 2.83. The Morgan fingerprint density at radius 1 is 0.750 bits per heavy atom. The molecule has 0 atom stereocenters. The summed E-state index contributed by atoms with van der Waals surface area (Å²) in [6.07, 6.45) is -2.11. The third-order valence-electron chi connectivity index (χ3n) is 5.35. The molecule has 0 heterocycles. The third kappa shape index (κ3) is 16.1. The molecule has 2 rings (SSSR count). The number of halogens is 5. The summed E-state index contributed by atoms with van der Waals surface area (Å²) in [7, 11) is -2.14. The molecule has 228 valence electrons. The van der Waals surface area contributed by atoms with Crippen molar-refractivity contribution >= 4 is 67.9 Å². The predicted octanol–water partition coefficient (Wildman–Crippen LogP) is 10.8. The number of nitrogens with zero attached hydrogens (tertiary/aromatic N) is 2. The number of hydrogen-bond donors (Lipinski definition) is 0. The Bertz CT molecular complexity index is 1110. The molecule has 4 nitrogen and oxygen atoms in total. The maximum atomic E-state index is 13.8. The maximum absolute atomic E-state index is 13.8. The van der Waals surface area contributed by atoms with Crippen LogP contribution < -0.4 is 0 Å². The van der Waals surface area contributed by atoms with Crippen molar-refractivity contribution in [2.45, 2.75) is 78.1 Å². The van der Waals surface area contributed by atoms with Crippen molar-refractivity contribution < 1.29 is 32.9 Å². The quantitative estimate of drug-likeness (QED) is 0.116. The average molecular weight is 769 g/mol. The minimum atomic E-state index is -4.50. The fourth-order valence-electron chi connectivity index (χ4n) is 3.56. The fourth-order valence-corrected chi connectivity index (χ4v) is 5.07. The summed E-state index contributed by atoms with van der Waals surface area (Å²) in [4.78, 5) is 9.54. The molecule has 0 saturated carbocycles. The van der Waals surface area contributed by atoms with Crippen molar-refractivity contribution in [3.8, 4) is 0 Å². The van der Waals surface area contributed by atoms with E-state index in [9.17, 15) is 13.2 Å². The molecule has 0 aromatic heterocycles. The first kappa shape index (κ1) is 37.4. The van der Waals surface area contributed by atoms with Gasteiger partial charge in [0.25, 0.3) is 0 Å². The van der Waals surface area contributed by atoms with Crippen molar-refractivity contribution in [2.24, 2.45) is 9.98 Å². The van der Waals surface area contributed by atoms with Gasteiger partial charge in [0.2, 0.25) is 0 Å². The summed E-state index contributed by atoms with van der Waals surface area (Å²) in [6.45, 7) is 15.8. The van der Waals surface area contributed by atoms with Crippen LogP contribution in [0.2, 0.25) is 39.3 Å². The number of alkyl halides is 3. The van der Waals surface area contributed by atoms with E-state index in [1.54, 1.807) is 6.07 Å². The second kappa shape index (κ2) is 18.1. The van der Waals surface area contributed by atoms with Gasteiger partial charge >= 0.3 is 45.5 Å². The predicted molar refractivity (Wildman–Crippen MR) is 172 cm³/mol. The number of benzene rings is 2. The van der Waals surface area contributed by atoms with Gasteiger partial charge in [0.15, 0.2) is 16.6 Å². The molecule has 12 heteroatoms. The zero-order valence-electron chi connectivity index (χ0n) is 24.3. The second-order valence-electron chi connectivity index (χ2n) is 11.1. The van der Waals surface area contributed by atoms with Crippen LogP contribution in [0.1, 0.15) is 36.8 Å². The van der Waals surface area contributed by atoms with Gasteiger partial charge in [-0.15, -0.1) is 0 Å². The van der Waals surface area contributed by atoms with Crippen LogP contribution in [0.25, 0.3) is 0 Å².